The lowest BCUT2D eigenvalue weighted by Crippen LogP contribution is -2.35. The van der Waals surface area contributed by atoms with Gasteiger partial charge in [-0.2, -0.15) is 16.8 Å². The Morgan fingerprint density at radius 2 is 1.19 bits per heavy atom. The van der Waals surface area contributed by atoms with E-state index in [0.717, 1.165) is 12.5 Å². The van der Waals surface area contributed by atoms with Gasteiger partial charge in [0, 0.05) is 0 Å². The van der Waals surface area contributed by atoms with E-state index in [4.69, 9.17) is 8.37 Å². The van der Waals surface area contributed by atoms with Crippen LogP contribution in [-0.4, -0.2) is 41.6 Å². The molecule has 0 fully saturated rings. The molecular formula is C8H14O6S2. The molecule has 0 aromatic heterocycles. The molecule has 0 amide bonds. The summed E-state index contributed by atoms with van der Waals surface area (Å²) in [5, 5.41) is 0. The molecule has 0 saturated heterocycles. The van der Waals surface area contributed by atoms with Gasteiger partial charge in [0.05, 0.1) is 12.5 Å². The third-order valence-corrected chi connectivity index (χ3v) is 3.11. The van der Waals surface area contributed by atoms with Crippen LogP contribution in [0.15, 0.2) is 12.2 Å². The summed E-state index contributed by atoms with van der Waals surface area (Å²) in [6.45, 7) is 0. The van der Waals surface area contributed by atoms with Crippen LogP contribution < -0.4 is 0 Å². The van der Waals surface area contributed by atoms with Gasteiger partial charge in [-0.15, -0.1) is 0 Å². The van der Waals surface area contributed by atoms with Crippen LogP contribution in [0.1, 0.15) is 12.8 Å². The first kappa shape index (κ1) is 13.6. The second-order valence-electron chi connectivity index (χ2n) is 3.62. The van der Waals surface area contributed by atoms with E-state index >= 15 is 0 Å². The molecule has 94 valence electrons. The molecule has 2 atom stereocenters. The number of hydrogen-bond acceptors (Lipinski definition) is 6. The van der Waals surface area contributed by atoms with Crippen LogP contribution >= 0.6 is 0 Å². The van der Waals surface area contributed by atoms with E-state index in [-0.39, 0.29) is 0 Å². The number of rotatable bonds is 4. The lowest BCUT2D eigenvalue weighted by Gasteiger charge is -2.26. The summed E-state index contributed by atoms with van der Waals surface area (Å²) in [6.07, 6.45) is 4.37. The van der Waals surface area contributed by atoms with Crippen LogP contribution in [0.3, 0.4) is 0 Å². The predicted octanol–water partition coefficient (Wildman–Crippen LogP) is 0.0260. The Balaban J connectivity index is 2.77. The van der Waals surface area contributed by atoms with E-state index < -0.39 is 32.4 Å². The number of hydrogen-bond donors (Lipinski definition) is 0. The van der Waals surface area contributed by atoms with E-state index in [9.17, 15) is 16.8 Å². The van der Waals surface area contributed by atoms with E-state index in [1.165, 1.54) is 0 Å². The molecule has 0 aromatic carbocycles. The smallest absolute Gasteiger partial charge is 0.264 e. The Hall–Kier alpha value is -0.440. The first-order chi connectivity index (χ1) is 7.17. The monoisotopic (exact) mass is 270 g/mol. The van der Waals surface area contributed by atoms with Gasteiger partial charge < -0.3 is 0 Å². The van der Waals surface area contributed by atoms with Gasteiger partial charge in [-0.25, -0.2) is 0 Å². The van der Waals surface area contributed by atoms with Crippen molar-refractivity contribution in [2.24, 2.45) is 0 Å². The van der Waals surface area contributed by atoms with E-state index in [2.05, 4.69) is 0 Å². The summed E-state index contributed by atoms with van der Waals surface area (Å²) in [7, 11) is -7.24. The highest BCUT2D eigenvalue weighted by molar-refractivity contribution is 7.86. The Bertz CT molecular complexity index is 417. The largest absolute Gasteiger partial charge is 0.264 e. The Kier molecular flexibility index (Phi) is 4.11. The van der Waals surface area contributed by atoms with Crippen LogP contribution in [0.2, 0.25) is 0 Å². The molecule has 0 spiro atoms. The van der Waals surface area contributed by atoms with Gasteiger partial charge in [0.1, 0.15) is 12.2 Å². The molecule has 0 saturated carbocycles. The van der Waals surface area contributed by atoms with Crippen molar-refractivity contribution in [2.45, 2.75) is 25.0 Å². The van der Waals surface area contributed by atoms with Gasteiger partial charge in [-0.05, 0) is 12.8 Å². The minimum absolute atomic E-state index is 0.313. The topological polar surface area (TPSA) is 86.7 Å². The molecule has 1 aliphatic rings. The minimum Gasteiger partial charge on any atom is -0.264 e. The second kappa shape index (κ2) is 4.82. The van der Waals surface area contributed by atoms with Gasteiger partial charge in [0.25, 0.3) is 20.2 Å². The highest BCUT2D eigenvalue weighted by atomic mass is 32.2. The van der Waals surface area contributed by atoms with Crippen LogP contribution in [0, 0.1) is 0 Å². The molecule has 16 heavy (non-hydrogen) atoms. The molecule has 0 aliphatic heterocycles. The maximum atomic E-state index is 11.0. The molecule has 1 rings (SSSR count). The molecule has 0 N–H and O–H groups in total. The lowest BCUT2D eigenvalue weighted by atomic mass is 10.0. The fourth-order valence-electron chi connectivity index (χ4n) is 1.42. The minimum atomic E-state index is -3.62. The van der Waals surface area contributed by atoms with Crippen molar-refractivity contribution < 1.29 is 25.2 Å². The van der Waals surface area contributed by atoms with E-state index in [0.29, 0.717) is 12.8 Å². The highest BCUT2D eigenvalue weighted by Crippen LogP contribution is 2.21. The molecule has 0 radical (unpaired) electrons. The van der Waals surface area contributed by atoms with Crippen LogP contribution in [-0.2, 0) is 28.6 Å². The molecule has 0 bridgehead atoms. The molecule has 1 aliphatic carbocycles. The third kappa shape index (κ3) is 5.06. The fraction of sp³-hybridized carbons (Fsp3) is 0.750. The quantitative estimate of drug-likeness (QED) is 0.529. The van der Waals surface area contributed by atoms with Crippen LogP contribution in [0.5, 0.6) is 0 Å². The maximum absolute atomic E-state index is 11.0. The fourth-order valence-corrected chi connectivity index (χ4v) is 2.72. The van der Waals surface area contributed by atoms with Gasteiger partial charge in [-0.1, -0.05) is 12.2 Å². The van der Waals surface area contributed by atoms with Gasteiger partial charge >= 0.3 is 0 Å². The van der Waals surface area contributed by atoms with Crippen molar-refractivity contribution in [1.82, 2.24) is 0 Å². The molecule has 2 unspecified atom stereocenters. The van der Waals surface area contributed by atoms with Crippen molar-refractivity contribution in [3.8, 4) is 0 Å². The standard InChI is InChI=1S/C8H14O6S2/c1-15(9,10)13-7-5-3-4-6-8(7)14-16(2,11)12/h3-4,7-8H,5-6H2,1-2H3. The Morgan fingerprint density at radius 1 is 0.875 bits per heavy atom. The van der Waals surface area contributed by atoms with Crippen LogP contribution in [0.25, 0.3) is 0 Å². The predicted molar refractivity (Wildman–Crippen MR) is 57.8 cm³/mol. The van der Waals surface area contributed by atoms with Crippen molar-refractivity contribution in [3.63, 3.8) is 0 Å². The summed E-state index contributed by atoms with van der Waals surface area (Å²) >= 11 is 0. The van der Waals surface area contributed by atoms with Crippen molar-refractivity contribution in [1.29, 1.82) is 0 Å². The highest BCUT2D eigenvalue weighted by Gasteiger charge is 2.30. The second-order valence-corrected chi connectivity index (χ2v) is 6.82. The zero-order chi connectivity index (χ0) is 12.4. The third-order valence-electron chi connectivity index (χ3n) is 1.91. The van der Waals surface area contributed by atoms with Gasteiger partial charge in [0.15, 0.2) is 0 Å². The molecule has 0 heterocycles. The zero-order valence-corrected chi connectivity index (χ0v) is 10.6. The summed E-state index contributed by atoms with van der Waals surface area (Å²) < 4.78 is 53.4. The average molecular weight is 270 g/mol. The maximum Gasteiger partial charge on any atom is 0.264 e. The van der Waals surface area contributed by atoms with E-state index in [1.54, 1.807) is 12.2 Å². The Morgan fingerprint density at radius 3 is 1.44 bits per heavy atom. The van der Waals surface area contributed by atoms with Gasteiger partial charge in [0.2, 0.25) is 0 Å². The summed E-state index contributed by atoms with van der Waals surface area (Å²) in [5.41, 5.74) is 0. The summed E-state index contributed by atoms with van der Waals surface area (Å²) in [5.74, 6) is 0. The normalized spacial score (nSPS) is 26.9. The zero-order valence-electron chi connectivity index (χ0n) is 8.99. The molecule has 6 nitrogen and oxygen atoms in total. The first-order valence-corrected chi connectivity index (χ1v) is 8.22. The summed E-state index contributed by atoms with van der Waals surface area (Å²) in [6, 6.07) is 0. The molecular weight excluding hydrogens is 256 g/mol. The van der Waals surface area contributed by atoms with Crippen molar-refractivity contribution in [3.05, 3.63) is 12.2 Å². The van der Waals surface area contributed by atoms with Crippen molar-refractivity contribution >= 4 is 20.2 Å². The lowest BCUT2D eigenvalue weighted by molar-refractivity contribution is 0.0629. The summed E-state index contributed by atoms with van der Waals surface area (Å²) in [4.78, 5) is 0. The first-order valence-electron chi connectivity index (χ1n) is 4.59. The van der Waals surface area contributed by atoms with Crippen LogP contribution in [0.4, 0.5) is 0 Å². The van der Waals surface area contributed by atoms with E-state index in [1.807, 2.05) is 0 Å². The molecule has 0 aromatic rings. The van der Waals surface area contributed by atoms with Crippen molar-refractivity contribution in [2.75, 3.05) is 12.5 Å². The molecule has 8 heteroatoms. The average Bonchev–Trinajstić information content (AvgIpc) is 2.03. The van der Waals surface area contributed by atoms with Gasteiger partial charge in [-0.3, -0.25) is 8.37 Å². The SMILES string of the molecule is CS(=O)(=O)OC1CC=CCC1OS(C)(=O)=O. The Labute approximate surface area is 95.5 Å².